The fraction of sp³-hybridized carbons (Fsp3) is 0.571. The summed E-state index contributed by atoms with van der Waals surface area (Å²) < 4.78 is 26.3. The summed E-state index contributed by atoms with van der Waals surface area (Å²) in [5.74, 6) is 0.548. The fourth-order valence-corrected chi connectivity index (χ4v) is 4.02. The molecule has 1 rings (SSSR count). The predicted octanol–water partition coefficient (Wildman–Crippen LogP) is 2.91. The van der Waals surface area contributed by atoms with Crippen LogP contribution in [0.25, 0.3) is 0 Å². The van der Waals surface area contributed by atoms with Crippen LogP contribution in [0.4, 0.5) is 5.69 Å². The lowest BCUT2D eigenvalue weighted by atomic mass is 10.1. The summed E-state index contributed by atoms with van der Waals surface area (Å²) in [6.45, 7) is 2.19. The SMILES string of the molecule is CCCCCCCCS(=O)NS(=O)c1ccc(N)cc1. The van der Waals surface area contributed by atoms with E-state index in [2.05, 4.69) is 11.1 Å². The van der Waals surface area contributed by atoms with Crippen LogP contribution >= 0.6 is 0 Å². The molecule has 114 valence electrons. The van der Waals surface area contributed by atoms with Crippen molar-refractivity contribution in [2.24, 2.45) is 0 Å². The number of unbranched alkanes of at least 4 members (excludes halogenated alkanes) is 5. The van der Waals surface area contributed by atoms with Gasteiger partial charge in [-0.3, -0.25) is 0 Å². The van der Waals surface area contributed by atoms with E-state index < -0.39 is 22.0 Å². The summed E-state index contributed by atoms with van der Waals surface area (Å²) >= 11 is 0. The quantitative estimate of drug-likeness (QED) is 0.515. The number of rotatable bonds is 10. The maximum Gasteiger partial charge on any atom is 0.136 e. The van der Waals surface area contributed by atoms with Gasteiger partial charge in [0, 0.05) is 11.4 Å². The monoisotopic (exact) mass is 316 g/mol. The number of nitrogens with two attached hydrogens (primary N) is 1. The molecule has 3 N–H and O–H groups in total. The van der Waals surface area contributed by atoms with E-state index in [-0.39, 0.29) is 0 Å². The lowest BCUT2D eigenvalue weighted by molar-refractivity contribution is 0.621. The first-order valence-electron chi connectivity index (χ1n) is 7.05. The lowest BCUT2D eigenvalue weighted by Gasteiger charge is -2.05. The van der Waals surface area contributed by atoms with Crippen molar-refractivity contribution in [3.8, 4) is 0 Å². The van der Waals surface area contributed by atoms with E-state index in [0.717, 1.165) is 12.8 Å². The molecule has 6 heteroatoms. The summed E-state index contributed by atoms with van der Waals surface area (Å²) in [6.07, 6.45) is 6.92. The molecule has 0 spiro atoms. The molecule has 0 saturated carbocycles. The molecular formula is C14H24N2O2S2. The second kappa shape index (κ2) is 10.1. The molecule has 0 aliphatic rings. The topological polar surface area (TPSA) is 72.2 Å². The molecule has 0 fully saturated rings. The zero-order valence-electron chi connectivity index (χ0n) is 12.0. The summed E-state index contributed by atoms with van der Waals surface area (Å²) in [5.41, 5.74) is 6.19. The molecule has 0 aliphatic carbocycles. The Morgan fingerprint density at radius 3 is 2.25 bits per heavy atom. The van der Waals surface area contributed by atoms with Gasteiger partial charge in [-0.05, 0) is 30.7 Å². The first kappa shape index (κ1) is 17.3. The van der Waals surface area contributed by atoms with Crippen LogP contribution in [0.2, 0.25) is 0 Å². The Morgan fingerprint density at radius 1 is 1.00 bits per heavy atom. The van der Waals surface area contributed by atoms with Crippen LogP contribution in [0.15, 0.2) is 29.2 Å². The van der Waals surface area contributed by atoms with Gasteiger partial charge in [-0.25, -0.2) is 8.42 Å². The number of nitrogen functional groups attached to an aromatic ring is 1. The minimum absolute atomic E-state index is 0.548. The Hall–Kier alpha value is -0.720. The van der Waals surface area contributed by atoms with Crippen LogP contribution in [0, 0.1) is 0 Å². The van der Waals surface area contributed by atoms with Gasteiger partial charge in [-0.15, -0.1) is 0 Å². The molecule has 0 bridgehead atoms. The van der Waals surface area contributed by atoms with Crippen molar-refractivity contribution in [2.45, 2.75) is 50.3 Å². The van der Waals surface area contributed by atoms with Crippen molar-refractivity contribution in [1.29, 1.82) is 0 Å². The van der Waals surface area contributed by atoms with Crippen LogP contribution in [-0.4, -0.2) is 14.2 Å². The van der Waals surface area contributed by atoms with Gasteiger partial charge in [0.15, 0.2) is 0 Å². The minimum Gasteiger partial charge on any atom is -0.399 e. The highest BCUT2D eigenvalue weighted by molar-refractivity contribution is 7.98. The number of nitrogens with one attached hydrogen (secondary N) is 1. The molecule has 0 saturated heterocycles. The molecule has 1 aromatic carbocycles. The zero-order valence-corrected chi connectivity index (χ0v) is 13.6. The Morgan fingerprint density at radius 2 is 1.60 bits per heavy atom. The van der Waals surface area contributed by atoms with E-state index in [1.165, 1.54) is 25.7 Å². The Balaban J connectivity index is 2.21. The standard InChI is InChI=1S/C14H24N2O2S2/c1-2-3-4-5-6-7-12-19(17)16-20(18)14-10-8-13(15)9-11-14/h8-11,16H,2-7,12,15H2,1H3. The van der Waals surface area contributed by atoms with E-state index in [4.69, 9.17) is 5.73 Å². The van der Waals surface area contributed by atoms with Crippen LogP contribution < -0.4 is 9.86 Å². The summed E-state index contributed by atoms with van der Waals surface area (Å²) in [5, 5.41) is 0. The molecule has 0 heterocycles. The number of anilines is 1. The molecule has 0 aliphatic heterocycles. The smallest absolute Gasteiger partial charge is 0.136 e. The molecule has 4 nitrogen and oxygen atoms in total. The molecule has 2 unspecified atom stereocenters. The van der Waals surface area contributed by atoms with Crippen molar-refractivity contribution >= 4 is 27.7 Å². The van der Waals surface area contributed by atoms with Crippen LogP contribution in [0.1, 0.15) is 45.4 Å². The Labute approximate surface area is 126 Å². The largest absolute Gasteiger partial charge is 0.399 e. The van der Waals surface area contributed by atoms with E-state index in [1.54, 1.807) is 24.3 Å². The lowest BCUT2D eigenvalue weighted by Crippen LogP contribution is -2.22. The average Bonchev–Trinajstić information content (AvgIpc) is 2.43. The first-order valence-corrected chi connectivity index (χ1v) is 9.52. The highest BCUT2D eigenvalue weighted by Gasteiger charge is 2.07. The summed E-state index contributed by atoms with van der Waals surface area (Å²) in [6, 6.07) is 6.73. The van der Waals surface area contributed by atoms with Crippen molar-refractivity contribution in [1.82, 2.24) is 4.13 Å². The number of hydrogen-bond donors (Lipinski definition) is 2. The normalized spacial score (nSPS) is 14.1. The molecule has 0 amide bonds. The van der Waals surface area contributed by atoms with Gasteiger partial charge in [0.2, 0.25) is 0 Å². The summed E-state index contributed by atoms with van der Waals surface area (Å²) in [7, 11) is -2.68. The predicted molar refractivity (Wildman–Crippen MR) is 86.8 cm³/mol. The van der Waals surface area contributed by atoms with Crippen LogP contribution in [0.3, 0.4) is 0 Å². The second-order valence-corrected chi connectivity index (χ2v) is 7.51. The second-order valence-electron chi connectivity index (χ2n) is 4.74. The van der Waals surface area contributed by atoms with E-state index in [1.807, 2.05) is 0 Å². The highest BCUT2D eigenvalue weighted by atomic mass is 32.3. The zero-order chi connectivity index (χ0) is 14.8. The minimum atomic E-state index is -1.44. The van der Waals surface area contributed by atoms with Crippen LogP contribution in [0.5, 0.6) is 0 Å². The Bertz CT molecular complexity index is 435. The third-order valence-electron chi connectivity index (χ3n) is 2.95. The molecule has 0 radical (unpaired) electrons. The first-order chi connectivity index (χ1) is 9.63. The van der Waals surface area contributed by atoms with E-state index in [0.29, 0.717) is 16.3 Å². The van der Waals surface area contributed by atoms with Crippen molar-refractivity contribution in [3.63, 3.8) is 0 Å². The Kier molecular flexibility index (Phi) is 8.73. The number of hydrogen-bond acceptors (Lipinski definition) is 3. The van der Waals surface area contributed by atoms with Crippen LogP contribution in [-0.2, 0) is 22.0 Å². The van der Waals surface area contributed by atoms with Gasteiger partial charge in [0.1, 0.15) is 22.0 Å². The molecule has 0 aromatic heterocycles. The maximum atomic E-state index is 11.9. The van der Waals surface area contributed by atoms with Crippen molar-refractivity contribution < 1.29 is 8.42 Å². The average molecular weight is 316 g/mol. The fourth-order valence-electron chi connectivity index (χ4n) is 1.78. The van der Waals surface area contributed by atoms with Crippen molar-refractivity contribution in [2.75, 3.05) is 11.5 Å². The number of benzene rings is 1. The van der Waals surface area contributed by atoms with Gasteiger partial charge in [-0.1, -0.05) is 39.0 Å². The van der Waals surface area contributed by atoms with Gasteiger partial charge >= 0.3 is 0 Å². The third-order valence-corrected chi connectivity index (χ3v) is 5.65. The van der Waals surface area contributed by atoms with Crippen molar-refractivity contribution in [3.05, 3.63) is 24.3 Å². The van der Waals surface area contributed by atoms with E-state index in [9.17, 15) is 8.42 Å². The molecule has 20 heavy (non-hydrogen) atoms. The van der Waals surface area contributed by atoms with Gasteiger partial charge in [-0.2, -0.15) is 4.13 Å². The van der Waals surface area contributed by atoms with Gasteiger partial charge in [0.25, 0.3) is 0 Å². The summed E-state index contributed by atoms with van der Waals surface area (Å²) in [4.78, 5) is 0.593. The van der Waals surface area contributed by atoms with E-state index >= 15 is 0 Å². The third kappa shape index (κ3) is 7.17. The molecular weight excluding hydrogens is 292 g/mol. The highest BCUT2D eigenvalue weighted by Crippen LogP contribution is 2.09. The molecule has 1 aromatic rings. The molecule has 2 atom stereocenters. The maximum absolute atomic E-state index is 11.9. The van der Waals surface area contributed by atoms with Gasteiger partial charge < -0.3 is 5.73 Å². The van der Waals surface area contributed by atoms with Gasteiger partial charge in [0.05, 0.1) is 4.90 Å².